The Labute approximate surface area is 212 Å². The van der Waals surface area contributed by atoms with Crippen molar-refractivity contribution < 1.29 is 29.0 Å². The van der Waals surface area contributed by atoms with Gasteiger partial charge in [0, 0.05) is 6.54 Å². The van der Waals surface area contributed by atoms with Gasteiger partial charge in [0.1, 0.15) is 17.7 Å². The number of carbonyl (C=O) groups is 3. The number of nitrogens with zero attached hydrogens (tertiary/aromatic N) is 1. The van der Waals surface area contributed by atoms with Crippen LogP contribution in [0.5, 0.6) is 0 Å². The third kappa shape index (κ3) is 7.07. The van der Waals surface area contributed by atoms with Crippen LogP contribution < -0.4 is 5.32 Å². The molecule has 2 aromatic carbocycles. The zero-order chi connectivity index (χ0) is 26.5. The van der Waals surface area contributed by atoms with E-state index in [9.17, 15) is 19.5 Å². The smallest absolute Gasteiger partial charge is 0.408 e. The molecule has 1 aliphatic heterocycles. The Balaban J connectivity index is 1.78. The van der Waals surface area contributed by atoms with E-state index in [1.807, 2.05) is 62.4 Å². The normalized spacial score (nSPS) is 16.5. The molecule has 0 saturated carbocycles. The van der Waals surface area contributed by atoms with Gasteiger partial charge in [-0.2, -0.15) is 0 Å². The fraction of sp³-hybridized carbons (Fsp3) is 0.464. The minimum Gasteiger partial charge on any atom is -0.451 e. The summed E-state index contributed by atoms with van der Waals surface area (Å²) in [4.78, 5) is 40.1. The molecule has 1 aliphatic rings. The Morgan fingerprint density at radius 1 is 1.00 bits per heavy atom. The second kappa shape index (κ2) is 11.6. The van der Waals surface area contributed by atoms with Gasteiger partial charge in [-0.3, -0.25) is 4.79 Å². The number of alkyl carbamates (subject to hydrolysis) is 1. The number of nitrogens with one attached hydrogen (secondary N) is 1. The molecule has 3 rings (SSSR count). The van der Waals surface area contributed by atoms with Crippen molar-refractivity contribution in [3.05, 3.63) is 70.8 Å². The number of aryl methyl sites for hydroxylation is 2. The van der Waals surface area contributed by atoms with E-state index in [0.717, 1.165) is 22.3 Å². The Morgan fingerprint density at radius 3 is 2.00 bits per heavy atom. The molecule has 0 aliphatic carbocycles. The van der Waals surface area contributed by atoms with Crippen LogP contribution in [0, 0.1) is 13.8 Å². The molecule has 8 heteroatoms. The van der Waals surface area contributed by atoms with E-state index in [1.165, 1.54) is 4.90 Å². The Bertz CT molecular complexity index is 1010. The quantitative estimate of drug-likeness (QED) is 0.565. The first-order chi connectivity index (χ1) is 17.0. The lowest BCUT2D eigenvalue weighted by Crippen LogP contribution is -2.54. The number of carbonyl (C=O) groups excluding carboxylic acids is 3. The highest BCUT2D eigenvalue weighted by atomic mass is 16.6. The number of aliphatic hydroxyl groups is 1. The molecule has 0 aromatic heterocycles. The minimum absolute atomic E-state index is 0.324. The number of likely N-dealkylation sites (tertiary alicyclic amines) is 1. The number of benzene rings is 2. The highest BCUT2D eigenvalue weighted by Crippen LogP contribution is 2.29. The van der Waals surface area contributed by atoms with Crippen molar-refractivity contribution in [2.75, 3.05) is 13.2 Å². The maximum atomic E-state index is 13.4. The SMILES string of the molecule is Cc1ccc(C(OC(=O)[C@@H]2CCCN2C(=O)[C@H](CO)NC(=O)OC(C)(C)C)c2ccc(C)cc2)cc1. The molecule has 0 bridgehead atoms. The number of hydrogen-bond donors (Lipinski definition) is 2. The van der Waals surface area contributed by atoms with Crippen LogP contribution in [-0.2, 0) is 19.1 Å². The van der Waals surface area contributed by atoms with Gasteiger partial charge in [0.2, 0.25) is 5.91 Å². The standard InChI is InChI=1S/C28H36N2O6/c1-18-8-12-20(13-9-18)24(21-14-10-19(2)11-15-21)35-26(33)23-7-6-16-30(23)25(32)22(17-31)29-27(34)36-28(3,4)5/h8-15,22-24,31H,6-7,16-17H2,1-5H3,(H,29,34)/t22-,23-/m0/s1. The summed E-state index contributed by atoms with van der Waals surface area (Å²) in [6, 6.07) is 13.5. The predicted molar refractivity (Wildman–Crippen MR) is 135 cm³/mol. The van der Waals surface area contributed by atoms with Gasteiger partial charge in [-0.05, 0) is 58.6 Å². The van der Waals surface area contributed by atoms with Gasteiger partial charge in [-0.15, -0.1) is 0 Å². The fourth-order valence-corrected chi connectivity index (χ4v) is 4.12. The average molecular weight is 497 g/mol. The van der Waals surface area contributed by atoms with Crippen LogP contribution in [0.3, 0.4) is 0 Å². The largest absolute Gasteiger partial charge is 0.451 e. The Hall–Kier alpha value is -3.39. The summed E-state index contributed by atoms with van der Waals surface area (Å²) >= 11 is 0. The third-order valence-electron chi connectivity index (χ3n) is 5.97. The lowest BCUT2D eigenvalue weighted by atomic mass is 9.99. The lowest BCUT2D eigenvalue weighted by Gasteiger charge is -2.29. The lowest BCUT2D eigenvalue weighted by molar-refractivity contribution is -0.157. The summed E-state index contributed by atoms with van der Waals surface area (Å²) in [7, 11) is 0. The molecule has 0 radical (unpaired) electrons. The van der Waals surface area contributed by atoms with Crippen LogP contribution in [0.4, 0.5) is 4.79 Å². The van der Waals surface area contributed by atoms with Crippen LogP contribution in [0.15, 0.2) is 48.5 Å². The van der Waals surface area contributed by atoms with Crippen molar-refractivity contribution in [1.82, 2.24) is 10.2 Å². The second-order valence-electron chi connectivity index (χ2n) is 10.2. The van der Waals surface area contributed by atoms with E-state index >= 15 is 0 Å². The van der Waals surface area contributed by atoms with Crippen LogP contribution in [0.2, 0.25) is 0 Å². The van der Waals surface area contributed by atoms with E-state index < -0.39 is 48.4 Å². The topological polar surface area (TPSA) is 105 Å². The van der Waals surface area contributed by atoms with Crippen molar-refractivity contribution in [3.8, 4) is 0 Å². The molecule has 194 valence electrons. The molecular formula is C28H36N2O6. The van der Waals surface area contributed by atoms with Crippen molar-refractivity contribution in [1.29, 1.82) is 0 Å². The Kier molecular flexibility index (Phi) is 8.74. The van der Waals surface area contributed by atoms with E-state index in [4.69, 9.17) is 9.47 Å². The maximum absolute atomic E-state index is 13.4. The zero-order valence-corrected chi connectivity index (χ0v) is 21.6. The first-order valence-electron chi connectivity index (χ1n) is 12.2. The third-order valence-corrected chi connectivity index (χ3v) is 5.97. The molecule has 8 nitrogen and oxygen atoms in total. The van der Waals surface area contributed by atoms with E-state index in [1.54, 1.807) is 20.8 Å². The molecule has 0 spiro atoms. The van der Waals surface area contributed by atoms with Gasteiger partial charge in [0.05, 0.1) is 6.61 Å². The number of amides is 2. The van der Waals surface area contributed by atoms with E-state index in [0.29, 0.717) is 19.4 Å². The number of aliphatic hydroxyl groups excluding tert-OH is 1. The molecule has 1 fully saturated rings. The molecule has 2 amide bonds. The van der Waals surface area contributed by atoms with Gasteiger partial charge in [-0.1, -0.05) is 59.7 Å². The summed E-state index contributed by atoms with van der Waals surface area (Å²) in [5.74, 6) is -1.08. The summed E-state index contributed by atoms with van der Waals surface area (Å²) in [6.07, 6.45) is -0.406. The number of hydrogen-bond acceptors (Lipinski definition) is 6. The van der Waals surface area contributed by atoms with Gasteiger partial charge in [0.25, 0.3) is 0 Å². The van der Waals surface area contributed by atoms with Crippen molar-refractivity contribution in [3.63, 3.8) is 0 Å². The van der Waals surface area contributed by atoms with Crippen molar-refractivity contribution >= 4 is 18.0 Å². The van der Waals surface area contributed by atoms with Gasteiger partial charge in [0.15, 0.2) is 6.10 Å². The van der Waals surface area contributed by atoms with Crippen LogP contribution in [0.1, 0.15) is 62.0 Å². The van der Waals surface area contributed by atoms with Gasteiger partial charge < -0.3 is 24.8 Å². The first kappa shape index (κ1) is 27.2. The molecule has 2 aromatic rings. The molecule has 1 heterocycles. The maximum Gasteiger partial charge on any atom is 0.408 e. The van der Waals surface area contributed by atoms with Crippen molar-refractivity contribution in [2.24, 2.45) is 0 Å². The molecular weight excluding hydrogens is 460 g/mol. The number of ether oxygens (including phenoxy) is 2. The molecule has 2 atom stereocenters. The van der Waals surface area contributed by atoms with E-state index in [-0.39, 0.29) is 0 Å². The monoisotopic (exact) mass is 496 g/mol. The summed E-state index contributed by atoms with van der Waals surface area (Å²) in [5.41, 5.74) is 3.08. The second-order valence-corrected chi connectivity index (χ2v) is 10.2. The summed E-state index contributed by atoms with van der Waals surface area (Å²) < 4.78 is 11.2. The van der Waals surface area contributed by atoms with E-state index in [2.05, 4.69) is 5.32 Å². The molecule has 0 unspecified atom stereocenters. The Morgan fingerprint density at radius 2 is 1.53 bits per heavy atom. The van der Waals surface area contributed by atoms with Crippen molar-refractivity contribution in [2.45, 2.75) is 71.2 Å². The van der Waals surface area contributed by atoms with Crippen LogP contribution in [0.25, 0.3) is 0 Å². The first-order valence-corrected chi connectivity index (χ1v) is 12.2. The summed E-state index contributed by atoms with van der Waals surface area (Å²) in [6.45, 7) is 8.79. The fourth-order valence-electron chi connectivity index (χ4n) is 4.12. The van der Waals surface area contributed by atoms with Gasteiger partial charge >= 0.3 is 12.1 Å². The summed E-state index contributed by atoms with van der Waals surface area (Å²) in [5, 5.41) is 12.2. The number of esters is 1. The highest BCUT2D eigenvalue weighted by molar-refractivity contribution is 5.90. The predicted octanol–water partition coefficient (Wildman–Crippen LogP) is 3.81. The van der Waals surface area contributed by atoms with Crippen LogP contribution in [-0.4, -0.2) is 58.8 Å². The van der Waals surface area contributed by atoms with Gasteiger partial charge in [-0.25, -0.2) is 9.59 Å². The van der Waals surface area contributed by atoms with Crippen LogP contribution >= 0.6 is 0 Å². The average Bonchev–Trinajstić information content (AvgIpc) is 3.31. The highest BCUT2D eigenvalue weighted by Gasteiger charge is 2.40. The molecule has 36 heavy (non-hydrogen) atoms. The zero-order valence-electron chi connectivity index (χ0n) is 21.6. The molecule has 1 saturated heterocycles. The number of rotatable bonds is 7. The molecule has 2 N–H and O–H groups in total. The minimum atomic E-state index is -1.22.